The van der Waals surface area contributed by atoms with E-state index in [0.717, 1.165) is 0 Å². The Morgan fingerprint density at radius 2 is 1.70 bits per heavy atom. The third-order valence-corrected chi connectivity index (χ3v) is 3.24. The number of ketones is 1. The van der Waals surface area contributed by atoms with Crippen molar-refractivity contribution in [2.75, 3.05) is 0 Å². The van der Waals surface area contributed by atoms with E-state index < -0.39 is 0 Å². The normalized spacial score (nSPS) is 10.7. The lowest BCUT2D eigenvalue weighted by atomic mass is 9.98. The molecule has 0 bridgehead atoms. The van der Waals surface area contributed by atoms with Crippen molar-refractivity contribution in [3.05, 3.63) is 77.9 Å². The molecule has 0 aliphatic carbocycles. The Labute approximate surface area is 115 Å². The first kappa shape index (κ1) is 12.5. The highest BCUT2D eigenvalue weighted by atomic mass is 19.1. The number of pyridine rings is 1. The van der Waals surface area contributed by atoms with E-state index in [1.165, 1.54) is 6.07 Å². The van der Waals surface area contributed by atoms with Gasteiger partial charge in [0.25, 0.3) is 0 Å². The summed E-state index contributed by atoms with van der Waals surface area (Å²) in [5, 5.41) is 1.12. The van der Waals surface area contributed by atoms with Gasteiger partial charge in [-0.25, -0.2) is 4.39 Å². The Morgan fingerprint density at radius 3 is 2.45 bits per heavy atom. The molecule has 20 heavy (non-hydrogen) atoms. The number of nitrogens with zero attached hydrogens (tertiary/aromatic N) is 1. The first-order valence-electron chi connectivity index (χ1n) is 6.36. The van der Waals surface area contributed by atoms with E-state index in [0.29, 0.717) is 22.0 Å². The van der Waals surface area contributed by atoms with E-state index in [4.69, 9.17) is 0 Å². The molecule has 0 saturated carbocycles. The van der Waals surface area contributed by atoms with Gasteiger partial charge in [0.2, 0.25) is 0 Å². The van der Waals surface area contributed by atoms with Crippen molar-refractivity contribution in [3.63, 3.8) is 0 Å². The van der Waals surface area contributed by atoms with Crippen molar-refractivity contribution in [1.82, 2.24) is 4.98 Å². The van der Waals surface area contributed by atoms with Crippen LogP contribution in [0.3, 0.4) is 0 Å². The molecule has 3 aromatic rings. The van der Waals surface area contributed by atoms with Gasteiger partial charge in [0.1, 0.15) is 5.82 Å². The van der Waals surface area contributed by atoms with Gasteiger partial charge in [-0.1, -0.05) is 30.3 Å². The zero-order chi connectivity index (χ0) is 13.9. The van der Waals surface area contributed by atoms with E-state index in [-0.39, 0.29) is 18.0 Å². The highest BCUT2D eigenvalue weighted by Gasteiger charge is 2.13. The Hall–Kier alpha value is -2.55. The fourth-order valence-corrected chi connectivity index (χ4v) is 2.27. The van der Waals surface area contributed by atoms with Crippen molar-refractivity contribution in [2.24, 2.45) is 0 Å². The number of rotatable bonds is 3. The lowest BCUT2D eigenvalue weighted by Crippen LogP contribution is -2.06. The van der Waals surface area contributed by atoms with Gasteiger partial charge < -0.3 is 0 Å². The number of carbonyl (C=O) groups excluding carboxylic acids is 1. The van der Waals surface area contributed by atoms with Crippen LogP contribution in [0.15, 0.2) is 60.8 Å². The topological polar surface area (TPSA) is 30.0 Å². The minimum absolute atomic E-state index is 0.0556. The number of hydrogen-bond acceptors (Lipinski definition) is 2. The average molecular weight is 265 g/mol. The fourth-order valence-electron chi connectivity index (χ4n) is 2.27. The second kappa shape index (κ2) is 5.21. The number of benzene rings is 2. The molecule has 0 aliphatic heterocycles. The van der Waals surface area contributed by atoms with Gasteiger partial charge in [-0.2, -0.15) is 0 Å². The van der Waals surface area contributed by atoms with E-state index in [9.17, 15) is 9.18 Å². The number of fused-ring (bicyclic) bond motifs is 1. The van der Waals surface area contributed by atoms with Gasteiger partial charge >= 0.3 is 0 Å². The Balaban J connectivity index is 2.02. The summed E-state index contributed by atoms with van der Waals surface area (Å²) in [7, 11) is 0. The quantitative estimate of drug-likeness (QED) is 0.674. The zero-order valence-electron chi connectivity index (χ0n) is 10.7. The van der Waals surface area contributed by atoms with Crippen molar-refractivity contribution in [1.29, 1.82) is 0 Å². The molecule has 98 valence electrons. The molecule has 1 heterocycles. The van der Waals surface area contributed by atoms with Crippen LogP contribution in [-0.4, -0.2) is 10.8 Å². The van der Waals surface area contributed by atoms with Crippen LogP contribution in [0.5, 0.6) is 0 Å². The van der Waals surface area contributed by atoms with Crippen LogP contribution >= 0.6 is 0 Å². The Bertz CT molecular complexity index is 768. The highest BCUT2D eigenvalue weighted by molar-refractivity contribution is 6.08. The van der Waals surface area contributed by atoms with Crippen LogP contribution in [0.2, 0.25) is 0 Å². The highest BCUT2D eigenvalue weighted by Crippen LogP contribution is 2.22. The summed E-state index contributed by atoms with van der Waals surface area (Å²) in [6.45, 7) is 0. The molecule has 0 spiro atoms. The second-order valence-corrected chi connectivity index (χ2v) is 4.56. The molecule has 0 amide bonds. The molecule has 1 aromatic heterocycles. The van der Waals surface area contributed by atoms with E-state index in [1.807, 2.05) is 12.1 Å². The minimum atomic E-state index is -0.310. The molecule has 0 N–H and O–H groups in total. The third kappa shape index (κ3) is 2.30. The molecule has 0 saturated heterocycles. The largest absolute Gasteiger partial charge is 0.294 e. The molecule has 0 unspecified atom stereocenters. The number of aromatic nitrogens is 1. The van der Waals surface area contributed by atoms with Gasteiger partial charge in [-0.3, -0.25) is 9.78 Å². The lowest BCUT2D eigenvalue weighted by molar-refractivity contribution is 0.0993. The lowest BCUT2D eigenvalue weighted by Gasteiger charge is -2.06. The fraction of sp³-hybridized carbons (Fsp3) is 0.0588. The predicted molar refractivity (Wildman–Crippen MR) is 76.2 cm³/mol. The second-order valence-electron chi connectivity index (χ2n) is 4.56. The van der Waals surface area contributed by atoms with E-state index >= 15 is 0 Å². The molecular weight excluding hydrogens is 253 g/mol. The Kier molecular flexibility index (Phi) is 3.25. The van der Waals surface area contributed by atoms with E-state index in [2.05, 4.69) is 4.98 Å². The summed E-state index contributed by atoms with van der Waals surface area (Å²) in [5.74, 6) is -0.366. The molecule has 0 aliphatic rings. The first-order chi connectivity index (χ1) is 9.75. The van der Waals surface area contributed by atoms with Crippen LogP contribution in [0.4, 0.5) is 4.39 Å². The summed E-state index contributed by atoms with van der Waals surface area (Å²) < 4.78 is 13.7. The van der Waals surface area contributed by atoms with Crippen LogP contribution in [0.1, 0.15) is 16.1 Å². The van der Waals surface area contributed by atoms with Gasteiger partial charge in [-0.15, -0.1) is 0 Å². The average Bonchev–Trinajstić information content (AvgIpc) is 2.49. The van der Waals surface area contributed by atoms with Crippen molar-refractivity contribution >= 4 is 16.6 Å². The van der Waals surface area contributed by atoms with Gasteiger partial charge in [-0.05, 0) is 29.7 Å². The summed E-state index contributed by atoms with van der Waals surface area (Å²) in [6.07, 6.45) is 1.88. The number of halogens is 1. The molecular formula is C17H12FNO. The zero-order valence-corrected chi connectivity index (χ0v) is 10.7. The van der Waals surface area contributed by atoms with Gasteiger partial charge in [0, 0.05) is 22.8 Å². The third-order valence-electron chi connectivity index (χ3n) is 3.24. The maximum atomic E-state index is 13.7. The molecule has 0 fully saturated rings. The summed E-state index contributed by atoms with van der Waals surface area (Å²) >= 11 is 0. The number of hydrogen-bond donors (Lipinski definition) is 0. The van der Waals surface area contributed by atoms with E-state index in [1.54, 1.807) is 42.6 Å². The SMILES string of the molecule is O=C(Cc1ccccn1)c1ccc(F)c2ccccc12. The molecule has 2 aromatic carbocycles. The van der Waals surface area contributed by atoms with Crippen molar-refractivity contribution < 1.29 is 9.18 Å². The smallest absolute Gasteiger partial charge is 0.169 e. The van der Waals surface area contributed by atoms with Crippen LogP contribution in [0.25, 0.3) is 10.8 Å². The maximum absolute atomic E-state index is 13.7. The molecule has 2 nitrogen and oxygen atoms in total. The first-order valence-corrected chi connectivity index (χ1v) is 6.36. The summed E-state index contributed by atoms with van der Waals surface area (Å²) in [4.78, 5) is 16.5. The van der Waals surface area contributed by atoms with Gasteiger partial charge in [0.05, 0.1) is 6.42 Å². The molecule has 3 heteroatoms. The van der Waals surface area contributed by atoms with Gasteiger partial charge in [0.15, 0.2) is 5.78 Å². The monoisotopic (exact) mass is 265 g/mol. The number of Topliss-reactive ketones (excluding diaryl/α,β-unsaturated/α-hetero) is 1. The predicted octanol–water partition coefficient (Wildman–Crippen LogP) is 3.80. The summed E-state index contributed by atoms with van der Waals surface area (Å²) in [6, 6.07) is 15.4. The van der Waals surface area contributed by atoms with Crippen molar-refractivity contribution in [2.45, 2.75) is 6.42 Å². The minimum Gasteiger partial charge on any atom is -0.294 e. The van der Waals surface area contributed by atoms with Crippen LogP contribution in [0, 0.1) is 5.82 Å². The molecule has 3 rings (SSSR count). The van der Waals surface area contributed by atoms with Crippen molar-refractivity contribution in [3.8, 4) is 0 Å². The summed E-state index contributed by atoms with van der Waals surface area (Å²) in [5.41, 5.74) is 1.25. The molecule has 0 radical (unpaired) electrons. The standard InChI is InChI=1S/C17H12FNO/c18-16-9-8-15(13-6-1-2-7-14(13)16)17(20)11-12-5-3-4-10-19-12/h1-10H,11H2. The maximum Gasteiger partial charge on any atom is 0.169 e. The van der Waals surface area contributed by atoms with Crippen LogP contribution < -0.4 is 0 Å². The number of carbonyl (C=O) groups is 1. The molecule has 0 atom stereocenters. The van der Waals surface area contributed by atoms with Crippen LogP contribution in [-0.2, 0) is 6.42 Å². The Morgan fingerprint density at radius 1 is 0.950 bits per heavy atom.